The van der Waals surface area contributed by atoms with Crippen LogP contribution in [0.5, 0.6) is 0 Å². The Morgan fingerprint density at radius 2 is 1.49 bits per heavy atom. The third kappa shape index (κ3) is 6.40. The van der Waals surface area contributed by atoms with Gasteiger partial charge in [-0.3, -0.25) is 44.0 Å². The predicted octanol–water partition coefficient (Wildman–Crippen LogP) is 1.46. The lowest BCUT2D eigenvalue weighted by atomic mass is 10.0. The summed E-state index contributed by atoms with van der Waals surface area (Å²) in [5.74, 6) is -0.476. The first kappa shape index (κ1) is 37.8. The minimum absolute atomic E-state index is 0.123. The average Bonchev–Trinajstić information content (AvgIpc) is 4.04. The van der Waals surface area contributed by atoms with Crippen LogP contribution >= 0.6 is 0 Å². The smallest absolute Gasteiger partial charge is 0.331 e. The number of hydrogen-bond donors (Lipinski definition) is 4. The number of amides is 4. The summed E-state index contributed by atoms with van der Waals surface area (Å²) in [6.07, 6.45) is 5.17. The zero-order chi connectivity index (χ0) is 41.3. The number of likely N-dealkylation sites (tertiary alicyclic amines) is 1. The number of pyridine rings is 1. The summed E-state index contributed by atoms with van der Waals surface area (Å²) in [5, 5.41) is 15.5. The highest BCUT2D eigenvalue weighted by molar-refractivity contribution is 6.06. The van der Waals surface area contributed by atoms with Gasteiger partial charge in [-0.1, -0.05) is 12.2 Å². The fourth-order valence-corrected chi connectivity index (χ4v) is 8.67. The zero-order valence-electron chi connectivity index (χ0n) is 33.1. The molecule has 59 heavy (non-hydrogen) atoms. The maximum Gasteiger partial charge on any atom is 0.331 e. The SMILES string of the molecule is CCn1nc(C)c2c1C(=O)Nc1nc3cc(C(N)=O)cc(CN4C[C@H]5COC[C@H]5C4)c3n1C/C=C/Cn1c(nc3cc(C(N)=O)cnc31)NC(=O)c1n(CC)nc(C)[n+]1-2. The molecule has 0 aliphatic carbocycles. The molecule has 1 aromatic carbocycles. The fraction of sp³-hybridized carbons (Fsp3) is 0.385. The lowest BCUT2D eigenvalue weighted by Gasteiger charge is -2.19. The van der Waals surface area contributed by atoms with Crippen LogP contribution in [0, 0.1) is 25.7 Å². The van der Waals surface area contributed by atoms with Crippen LogP contribution in [0.15, 0.2) is 36.5 Å². The Morgan fingerprint density at radius 1 is 0.847 bits per heavy atom. The van der Waals surface area contributed by atoms with Gasteiger partial charge >= 0.3 is 11.7 Å². The van der Waals surface area contributed by atoms with Crippen LogP contribution in [0.25, 0.3) is 27.9 Å². The van der Waals surface area contributed by atoms with Crippen LogP contribution in [0.2, 0.25) is 0 Å². The third-order valence-corrected chi connectivity index (χ3v) is 11.4. The van der Waals surface area contributed by atoms with E-state index in [1.54, 1.807) is 38.4 Å². The van der Waals surface area contributed by atoms with Crippen molar-refractivity contribution in [1.82, 2.24) is 48.5 Å². The van der Waals surface area contributed by atoms with E-state index in [4.69, 9.17) is 31.3 Å². The van der Waals surface area contributed by atoms with Gasteiger partial charge in [0.05, 0.1) is 35.5 Å². The number of benzene rings is 1. The number of fused-ring (bicyclic) bond motifs is 10. The Bertz CT molecular complexity index is 2760. The van der Waals surface area contributed by atoms with Gasteiger partial charge in [-0.15, -0.1) is 4.68 Å². The minimum atomic E-state index is -0.664. The number of primary amides is 2. The number of carbonyl (C=O) groups is 4. The summed E-state index contributed by atoms with van der Waals surface area (Å²) < 4.78 is 14.1. The zero-order valence-corrected chi connectivity index (χ0v) is 33.1. The average molecular weight is 803 g/mol. The molecule has 3 aliphatic heterocycles. The Morgan fingerprint density at radius 3 is 2.19 bits per heavy atom. The number of aromatic nitrogens is 10. The van der Waals surface area contributed by atoms with Crippen molar-refractivity contribution in [3.05, 3.63) is 76.3 Å². The van der Waals surface area contributed by atoms with E-state index in [0.717, 1.165) is 37.4 Å². The molecule has 20 heteroatoms. The first-order chi connectivity index (χ1) is 28.4. The van der Waals surface area contributed by atoms with Crippen LogP contribution in [0.1, 0.15) is 72.8 Å². The van der Waals surface area contributed by atoms with Crippen LogP contribution < -0.4 is 26.7 Å². The topological polar surface area (TPSA) is 245 Å². The molecule has 20 nitrogen and oxygen atoms in total. The quantitative estimate of drug-likeness (QED) is 0.139. The monoisotopic (exact) mass is 802 g/mol. The molecule has 6 aromatic rings. The van der Waals surface area contributed by atoms with E-state index < -0.39 is 23.6 Å². The second-order valence-corrected chi connectivity index (χ2v) is 15.1. The lowest BCUT2D eigenvalue weighted by Crippen LogP contribution is -2.44. The summed E-state index contributed by atoms with van der Waals surface area (Å²) >= 11 is 0. The third-order valence-electron chi connectivity index (χ3n) is 11.4. The van der Waals surface area contributed by atoms with E-state index in [1.165, 1.54) is 12.3 Å². The summed E-state index contributed by atoms with van der Waals surface area (Å²) in [5.41, 5.74) is 15.8. The van der Waals surface area contributed by atoms with Crippen molar-refractivity contribution in [2.24, 2.45) is 23.3 Å². The number of hydrogen-bond acceptors (Lipinski definition) is 11. The summed E-state index contributed by atoms with van der Waals surface area (Å²) in [6.45, 7) is 12.1. The molecule has 0 saturated carbocycles. The fourth-order valence-electron chi connectivity index (χ4n) is 8.67. The van der Waals surface area contributed by atoms with Gasteiger partial charge < -0.3 is 20.8 Å². The molecule has 9 rings (SSSR count). The van der Waals surface area contributed by atoms with Crippen molar-refractivity contribution in [2.75, 3.05) is 36.9 Å². The highest BCUT2D eigenvalue weighted by Gasteiger charge is 2.39. The maximum absolute atomic E-state index is 14.8. The lowest BCUT2D eigenvalue weighted by molar-refractivity contribution is -0.606. The van der Waals surface area contributed by atoms with Crippen molar-refractivity contribution in [3.8, 4) is 5.69 Å². The maximum atomic E-state index is 14.8. The van der Waals surface area contributed by atoms with E-state index in [-0.39, 0.29) is 42.1 Å². The number of allylic oxidation sites excluding steroid dienone is 2. The normalized spacial score (nSPS) is 18.9. The largest absolute Gasteiger partial charge is 0.381 e. The second-order valence-electron chi connectivity index (χ2n) is 15.1. The first-order valence-electron chi connectivity index (χ1n) is 19.6. The van der Waals surface area contributed by atoms with E-state index in [9.17, 15) is 19.2 Å². The van der Waals surface area contributed by atoms with Gasteiger partial charge in [-0.25, -0.2) is 15.0 Å². The van der Waals surface area contributed by atoms with Gasteiger partial charge in [-0.2, -0.15) is 9.67 Å². The minimum Gasteiger partial charge on any atom is -0.381 e. The van der Waals surface area contributed by atoms with Crippen LogP contribution in [0.4, 0.5) is 11.9 Å². The van der Waals surface area contributed by atoms with E-state index in [0.29, 0.717) is 70.9 Å². The molecule has 3 aliphatic rings. The number of nitrogens with zero attached hydrogens (tertiary/aromatic N) is 11. The van der Waals surface area contributed by atoms with E-state index in [1.807, 2.05) is 36.6 Å². The van der Waals surface area contributed by atoms with Crippen LogP contribution in [-0.4, -0.2) is 98.5 Å². The van der Waals surface area contributed by atoms with Crippen molar-refractivity contribution in [2.45, 2.75) is 60.4 Å². The number of nitrogens with two attached hydrogens (primary N) is 2. The predicted molar refractivity (Wildman–Crippen MR) is 213 cm³/mol. The van der Waals surface area contributed by atoms with Crippen LogP contribution in [0.3, 0.4) is 0 Å². The summed E-state index contributed by atoms with van der Waals surface area (Å²) in [4.78, 5) is 70.5. The number of rotatable bonds is 6. The van der Waals surface area contributed by atoms with Crippen molar-refractivity contribution in [1.29, 1.82) is 0 Å². The second kappa shape index (κ2) is 14.5. The molecule has 304 valence electrons. The van der Waals surface area contributed by atoms with Gasteiger partial charge in [0.15, 0.2) is 17.0 Å². The highest BCUT2D eigenvalue weighted by atomic mass is 16.5. The molecule has 2 fully saturated rings. The van der Waals surface area contributed by atoms with Gasteiger partial charge in [-0.05, 0) is 44.5 Å². The van der Waals surface area contributed by atoms with Gasteiger partial charge in [0.25, 0.3) is 11.7 Å². The molecule has 6 N–H and O–H groups in total. The Hall–Kier alpha value is -6.80. The molecule has 0 spiro atoms. The summed E-state index contributed by atoms with van der Waals surface area (Å²) in [6, 6.07) is 4.99. The molecule has 8 heterocycles. The molecule has 5 aromatic heterocycles. The van der Waals surface area contributed by atoms with Crippen LogP contribution in [-0.2, 0) is 37.5 Å². The first-order valence-corrected chi connectivity index (χ1v) is 19.6. The molecule has 2 saturated heterocycles. The number of anilines is 2. The standard InChI is InChI=1S/C39H43N15O5/c1-5-52-31-29(20(3)47-52)54-21(4)48-53(6-2)37(54)36(58)46-39-44-28-13-23(33(41)56)14-42-34(28)51(39)10-8-7-9-50-30-24(15-49-16-25-18-59-19-26(25)17-49)11-22(32(40)55)12-27(30)43-38(50)45-35(31)57/h7-8,11-14,25-26H,5-6,9-10,15-19H2,1-4H3,(H5-,40,41,43,44,45,46,55,56,57,58)/p+1/b8-7+/t25-,26+. The molecule has 2 atom stereocenters. The summed E-state index contributed by atoms with van der Waals surface area (Å²) in [7, 11) is 0. The van der Waals surface area contributed by atoms with Crippen molar-refractivity contribution >= 4 is 57.7 Å². The van der Waals surface area contributed by atoms with E-state index in [2.05, 4.69) is 25.6 Å². The van der Waals surface area contributed by atoms with Crippen molar-refractivity contribution in [3.63, 3.8) is 0 Å². The highest BCUT2D eigenvalue weighted by Crippen LogP contribution is 2.33. The molecule has 0 unspecified atom stereocenters. The molecule has 0 bridgehead atoms. The molecular formula is C39H44N15O5+. The van der Waals surface area contributed by atoms with Gasteiger partial charge in [0, 0.05) is 74.9 Å². The molecule has 0 radical (unpaired) electrons. The number of carbonyl (C=O) groups excluding carboxylic acids is 4. The Kier molecular flexibility index (Phi) is 9.31. The van der Waals surface area contributed by atoms with Crippen molar-refractivity contribution < 1.29 is 28.5 Å². The number of aryl methyl sites for hydroxylation is 4. The number of ether oxygens (including phenoxy) is 1. The molecule has 4 amide bonds. The Labute approximate surface area is 336 Å². The number of nitrogens with one attached hydrogen (secondary N) is 2. The Balaban J connectivity index is 1.25. The number of imidazole rings is 2. The molecular weight excluding hydrogens is 759 g/mol. The van der Waals surface area contributed by atoms with Gasteiger partial charge in [0.1, 0.15) is 12.1 Å². The van der Waals surface area contributed by atoms with Gasteiger partial charge in [0.2, 0.25) is 23.7 Å². The van der Waals surface area contributed by atoms with E-state index >= 15 is 0 Å².